The Hall–Kier alpha value is -2.46. The van der Waals surface area contributed by atoms with E-state index in [1.807, 2.05) is 23.1 Å². The number of hydrogen-bond donors (Lipinski definition) is 1. The number of amides is 1. The Morgan fingerprint density at radius 1 is 1.14 bits per heavy atom. The molecule has 7 heteroatoms. The summed E-state index contributed by atoms with van der Waals surface area (Å²) in [6.45, 7) is 3.92. The molecule has 1 fully saturated rings. The first-order valence-electron chi connectivity index (χ1n) is 9.84. The van der Waals surface area contributed by atoms with E-state index in [-0.39, 0.29) is 24.4 Å². The van der Waals surface area contributed by atoms with Crippen LogP contribution in [-0.4, -0.2) is 60.0 Å². The van der Waals surface area contributed by atoms with Crippen molar-refractivity contribution in [3.63, 3.8) is 0 Å². The van der Waals surface area contributed by atoms with Gasteiger partial charge in [-0.25, -0.2) is 0 Å². The molecule has 154 valence electrons. The predicted molar refractivity (Wildman–Crippen MR) is 116 cm³/mol. The first-order valence-corrected chi connectivity index (χ1v) is 9.84. The van der Waals surface area contributed by atoms with Gasteiger partial charge in [-0.15, -0.1) is 12.4 Å². The number of hydrogen-bond acceptors (Lipinski definition) is 5. The lowest BCUT2D eigenvalue weighted by atomic mass is 10.1. The number of aromatic nitrogens is 1. The number of rotatable bonds is 8. The Labute approximate surface area is 178 Å². The zero-order valence-corrected chi connectivity index (χ0v) is 17.4. The lowest BCUT2D eigenvalue weighted by Gasteiger charge is -2.37. The van der Waals surface area contributed by atoms with Gasteiger partial charge in [0.25, 0.3) is 0 Å². The molecule has 1 unspecified atom stereocenters. The maximum absolute atomic E-state index is 12.4. The van der Waals surface area contributed by atoms with Crippen LogP contribution in [0.4, 0.5) is 0 Å². The fourth-order valence-corrected chi connectivity index (χ4v) is 3.50. The first kappa shape index (κ1) is 22.8. The molecule has 6 nitrogen and oxygen atoms in total. The van der Waals surface area contributed by atoms with E-state index in [9.17, 15) is 10.1 Å². The van der Waals surface area contributed by atoms with Crippen LogP contribution in [0.2, 0.25) is 0 Å². The lowest BCUT2D eigenvalue weighted by molar-refractivity contribution is -0.132. The Bertz CT molecular complexity index is 773. The summed E-state index contributed by atoms with van der Waals surface area (Å²) in [4.78, 5) is 20.5. The third kappa shape index (κ3) is 6.82. The van der Waals surface area contributed by atoms with Gasteiger partial charge in [-0.1, -0.05) is 36.4 Å². The first-order chi connectivity index (χ1) is 13.8. The Kier molecular flexibility index (Phi) is 9.58. The molecule has 1 aromatic heterocycles. The van der Waals surface area contributed by atoms with Crippen LogP contribution in [0.1, 0.15) is 23.6 Å². The second kappa shape index (κ2) is 12.2. The number of carbonyl (C=O) groups excluding carboxylic acids is 1. The minimum atomic E-state index is -0.304. The molecule has 1 aliphatic rings. The van der Waals surface area contributed by atoms with Crippen LogP contribution in [0.3, 0.4) is 0 Å². The second-order valence-corrected chi connectivity index (χ2v) is 7.00. The van der Waals surface area contributed by atoms with Crippen LogP contribution in [0.15, 0.2) is 54.9 Å². The summed E-state index contributed by atoms with van der Waals surface area (Å²) in [6, 6.07) is 16.2. The van der Waals surface area contributed by atoms with E-state index in [0.717, 1.165) is 24.9 Å². The van der Waals surface area contributed by atoms with Crippen LogP contribution in [0, 0.1) is 11.3 Å². The number of piperazine rings is 1. The zero-order valence-electron chi connectivity index (χ0n) is 16.5. The van der Waals surface area contributed by atoms with Crippen molar-refractivity contribution in [2.24, 2.45) is 0 Å². The van der Waals surface area contributed by atoms with Gasteiger partial charge in [0, 0.05) is 44.1 Å². The fraction of sp³-hybridized carbons (Fsp3) is 0.409. The molecule has 1 saturated heterocycles. The highest BCUT2D eigenvalue weighted by Gasteiger charge is 2.26. The van der Waals surface area contributed by atoms with E-state index in [2.05, 4.69) is 45.5 Å². The summed E-state index contributed by atoms with van der Waals surface area (Å²) in [7, 11) is 0. The molecule has 0 radical (unpaired) electrons. The van der Waals surface area contributed by atoms with E-state index in [4.69, 9.17) is 0 Å². The van der Waals surface area contributed by atoms with Gasteiger partial charge in [0.2, 0.25) is 5.91 Å². The maximum atomic E-state index is 12.4. The molecule has 1 aromatic carbocycles. The SMILES string of the molecule is Cl.N#CC(c1cccnc1)N1CCN(C(=O)CNCCCc2ccccc2)CC1. The predicted octanol–water partition coefficient (Wildman–Crippen LogP) is 2.43. The molecule has 3 rings (SSSR count). The highest BCUT2D eigenvalue weighted by Crippen LogP contribution is 2.20. The third-order valence-electron chi connectivity index (χ3n) is 5.09. The van der Waals surface area contributed by atoms with Crippen LogP contribution in [-0.2, 0) is 11.2 Å². The van der Waals surface area contributed by atoms with Gasteiger partial charge in [-0.2, -0.15) is 5.26 Å². The van der Waals surface area contributed by atoms with Gasteiger partial charge in [0.15, 0.2) is 0 Å². The molecule has 1 aliphatic heterocycles. The van der Waals surface area contributed by atoms with Crippen molar-refractivity contribution in [3.8, 4) is 6.07 Å². The van der Waals surface area contributed by atoms with Crippen LogP contribution >= 0.6 is 12.4 Å². The number of nitriles is 1. The van der Waals surface area contributed by atoms with E-state index in [1.54, 1.807) is 12.4 Å². The van der Waals surface area contributed by atoms with Crippen molar-refractivity contribution in [3.05, 3.63) is 66.0 Å². The summed E-state index contributed by atoms with van der Waals surface area (Å²) in [5.41, 5.74) is 2.23. The molecule has 0 saturated carbocycles. The molecule has 0 aliphatic carbocycles. The summed E-state index contributed by atoms with van der Waals surface area (Å²) in [6.07, 6.45) is 5.48. The molecule has 1 N–H and O–H groups in total. The van der Waals surface area contributed by atoms with Crippen molar-refractivity contribution < 1.29 is 4.79 Å². The summed E-state index contributed by atoms with van der Waals surface area (Å²) < 4.78 is 0. The van der Waals surface area contributed by atoms with Gasteiger partial charge < -0.3 is 10.2 Å². The largest absolute Gasteiger partial charge is 0.339 e. The monoisotopic (exact) mass is 413 g/mol. The smallest absolute Gasteiger partial charge is 0.236 e. The molecule has 2 heterocycles. The number of halogens is 1. The Morgan fingerprint density at radius 2 is 1.90 bits per heavy atom. The van der Waals surface area contributed by atoms with Gasteiger partial charge in [0.05, 0.1) is 12.6 Å². The average molecular weight is 414 g/mol. The molecule has 0 bridgehead atoms. The highest BCUT2D eigenvalue weighted by molar-refractivity contribution is 5.85. The summed E-state index contributed by atoms with van der Waals surface area (Å²) in [5, 5.41) is 12.8. The molecule has 1 atom stereocenters. The fourth-order valence-electron chi connectivity index (χ4n) is 3.50. The molecular formula is C22H28ClN5O. The number of pyridine rings is 1. The summed E-state index contributed by atoms with van der Waals surface area (Å²) >= 11 is 0. The second-order valence-electron chi connectivity index (χ2n) is 7.00. The number of aryl methyl sites for hydroxylation is 1. The average Bonchev–Trinajstić information content (AvgIpc) is 2.76. The van der Waals surface area contributed by atoms with Gasteiger partial charge >= 0.3 is 0 Å². The van der Waals surface area contributed by atoms with E-state index < -0.39 is 0 Å². The molecule has 0 spiro atoms. The standard InChI is InChI=1S/C22H27N5O.ClH/c23-16-21(20-9-5-11-24-17-20)26-12-14-27(15-13-26)22(28)18-25-10-4-8-19-6-2-1-3-7-19;/h1-3,5-7,9,11,17,21,25H,4,8,10,12-15,18H2;1H. The van der Waals surface area contributed by atoms with Crippen molar-refractivity contribution in [2.75, 3.05) is 39.3 Å². The number of nitrogens with zero attached hydrogens (tertiary/aromatic N) is 4. The van der Waals surface area contributed by atoms with Crippen molar-refractivity contribution in [1.82, 2.24) is 20.1 Å². The molecule has 1 amide bonds. The van der Waals surface area contributed by atoms with E-state index >= 15 is 0 Å². The summed E-state index contributed by atoms with van der Waals surface area (Å²) in [5.74, 6) is 0.134. The van der Waals surface area contributed by atoms with Gasteiger partial charge in [0.1, 0.15) is 6.04 Å². The topological polar surface area (TPSA) is 72.3 Å². The molecule has 2 aromatic rings. The number of nitrogens with one attached hydrogen (secondary N) is 1. The number of benzene rings is 1. The number of carbonyl (C=O) groups is 1. The van der Waals surface area contributed by atoms with Crippen molar-refractivity contribution >= 4 is 18.3 Å². The normalized spacial score (nSPS) is 15.2. The van der Waals surface area contributed by atoms with Crippen LogP contribution < -0.4 is 5.32 Å². The minimum absolute atomic E-state index is 0. The van der Waals surface area contributed by atoms with E-state index in [0.29, 0.717) is 32.7 Å². The molecular weight excluding hydrogens is 386 g/mol. The van der Waals surface area contributed by atoms with Gasteiger partial charge in [-0.3, -0.25) is 14.7 Å². The van der Waals surface area contributed by atoms with Crippen LogP contribution in [0.5, 0.6) is 0 Å². The van der Waals surface area contributed by atoms with Gasteiger partial charge in [-0.05, 0) is 31.0 Å². The van der Waals surface area contributed by atoms with E-state index in [1.165, 1.54) is 5.56 Å². The Balaban J connectivity index is 0.00000300. The molecule has 29 heavy (non-hydrogen) atoms. The highest BCUT2D eigenvalue weighted by atomic mass is 35.5. The quantitative estimate of drug-likeness (QED) is 0.673. The third-order valence-corrected chi connectivity index (χ3v) is 5.09. The zero-order chi connectivity index (χ0) is 19.6. The minimum Gasteiger partial charge on any atom is -0.339 e. The van der Waals surface area contributed by atoms with Crippen molar-refractivity contribution in [2.45, 2.75) is 18.9 Å². The Morgan fingerprint density at radius 3 is 2.55 bits per heavy atom. The lowest BCUT2D eigenvalue weighted by Crippen LogP contribution is -2.51. The van der Waals surface area contributed by atoms with Crippen LogP contribution in [0.25, 0.3) is 0 Å². The maximum Gasteiger partial charge on any atom is 0.236 e. The van der Waals surface area contributed by atoms with Crippen molar-refractivity contribution in [1.29, 1.82) is 5.26 Å².